The molecule has 1 aromatic rings. The lowest BCUT2D eigenvalue weighted by Gasteiger charge is -2.41. The number of nitrogens with zero attached hydrogens (tertiary/aromatic N) is 1. The van der Waals surface area contributed by atoms with Crippen molar-refractivity contribution in [3.8, 4) is 5.88 Å². The summed E-state index contributed by atoms with van der Waals surface area (Å²) in [6, 6.07) is 3.25. The molecule has 0 radical (unpaired) electrons. The van der Waals surface area contributed by atoms with Crippen molar-refractivity contribution in [2.24, 2.45) is 0 Å². The molecule has 22 heavy (non-hydrogen) atoms. The van der Waals surface area contributed by atoms with Crippen LogP contribution in [-0.2, 0) is 11.3 Å². The van der Waals surface area contributed by atoms with E-state index in [1.807, 2.05) is 13.8 Å². The average molecular weight is 314 g/mol. The molecule has 1 heterocycles. The van der Waals surface area contributed by atoms with Crippen LogP contribution in [0.4, 0.5) is 8.78 Å². The van der Waals surface area contributed by atoms with Gasteiger partial charge in [-0.05, 0) is 38.7 Å². The minimum atomic E-state index is -3.78. The number of halogens is 2. The van der Waals surface area contributed by atoms with Crippen LogP contribution in [0.25, 0.3) is 0 Å². The van der Waals surface area contributed by atoms with Gasteiger partial charge in [0.25, 0.3) is 5.91 Å². The van der Waals surface area contributed by atoms with Gasteiger partial charge in [-0.15, -0.1) is 0 Å². The highest BCUT2D eigenvalue weighted by atomic mass is 19.3. The first kappa shape index (κ1) is 16.6. The molecular weight excluding hydrogens is 294 g/mol. The average Bonchev–Trinajstić information content (AvgIpc) is 2.42. The second-order valence-electron chi connectivity index (χ2n) is 5.81. The van der Waals surface area contributed by atoms with E-state index in [-0.39, 0.29) is 25.5 Å². The summed E-state index contributed by atoms with van der Waals surface area (Å²) in [6.45, 7) is 3.64. The zero-order valence-electron chi connectivity index (χ0n) is 12.6. The topological polar surface area (TPSA) is 71.5 Å². The SMILES string of the molecule is CC(C)Oc1ccc(CNC(=O)C(F)(F)C2(O)CCC2)cn1. The zero-order chi connectivity index (χ0) is 16.4. The number of hydrogen-bond acceptors (Lipinski definition) is 4. The molecule has 1 aromatic heterocycles. The number of rotatable bonds is 6. The van der Waals surface area contributed by atoms with Gasteiger partial charge in [0, 0.05) is 18.8 Å². The maximum atomic E-state index is 13.9. The molecule has 7 heteroatoms. The van der Waals surface area contributed by atoms with E-state index in [4.69, 9.17) is 4.74 Å². The van der Waals surface area contributed by atoms with Crippen molar-refractivity contribution in [1.29, 1.82) is 0 Å². The van der Waals surface area contributed by atoms with Crippen LogP contribution in [0.2, 0.25) is 0 Å². The molecule has 0 unspecified atom stereocenters. The van der Waals surface area contributed by atoms with Gasteiger partial charge in [-0.25, -0.2) is 4.98 Å². The Morgan fingerprint density at radius 2 is 2.18 bits per heavy atom. The standard InChI is InChI=1S/C15H20F2N2O3/c1-10(2)22-12-5-4-11(8-18-12)9-19-13(20)15(16,17)14(21)6-3-7-14/h4-5,8,10,21H,3,6-7,9H2,1-2H3,(H,19,20). The second kappa shape index (κ2) is 6.16. The quantitative estimate of drug-likeness (QED) is 0.843. The van der Waals surface area contributed by atoms with Gasteiger partial charge in [-0.3, -0.25) is 4.79 Å². The first-order valence-electron chi connectivity index (χ1n) is 7.25. The number of alkyl halides is 2. The van der Waals surface area contributed by atoms with Crippen LogP contribution < -0.4 is 10.1 Å². The summed E-state index contributed by atoms with van der Waals surface area (Å²) in [6.07, 6.45) is 1.82. The van der Waals surface area contributed by atoms with Gasteiger partial charge in [-0.2, -0.15) is 8.78 Å². The Hall–Kier alpha value is -1.76. The minimum Gasteiger partial charge on any atom is -0.475 e. The molecule has 5 nitrogen and oxygen atoms in total. The van der Waals surface area contributed by atoms with Gasteiger partial charge >= 0.3 is 5.92 Å². The molecule has 2 rings (SSSR count). The van der Waals surface area contributed by atoms with Crippen LogP contribution >= 0.6 is 0 Å². The Balaban J connectivity index is 1.91. The Kier molecular flexibility index (Phi) is 4.65. The highest BCUT2D eigenvalue weighted by molar-refractivity contribution is 5.85. The maximum absolute atomic E-state index is 13.9. The van der Waals surface area contributed by atoms with E-state index < -0.39 is 17.4 Å². The normalized spacial score (nSPS) is 17.0. The van der Waals surface area contributed by atoms with E-state index in [0.29, 0.717) is 17.9 Å². The first-order chi connectivity index (χ1) is 10.2. The predicted octanol–water partition coefficient (Wildman–Crippen LogP) is 2.04. The Bertz CT molecular complexity index is 528. The number of aliphatic hydroxyl groups is 1. The number of amides is 1. The number of hydrogen-bond donors (Lipinski definition) is 2. The Morgan fingerprint density at radius 1 is 1.50 bits per heavy atom. The molecule has 0 atom stereocenters. The van der Waals surface area contributed by atoms with E-state index in [2.05, 4.69) is 10.3 Å². The van der Waals surface area contributed by atoms with Crippen molar-refractivity contribution < 1.29 is 23.4 Å². The lowest BCUT2D eigenvalue weighted by molar-refractivity contribution is -0.216. The molecule has 1 aliphatic rings. The molecular formula is C15H20F2N2O3. The Morgan fingerprint density at radius 3 is 2.64 bits per heavy atom. The van der Waals surface area contributed by atoms with E-state index in [1.165, 1.54) is 6.20 Å². The molecule has 0 spiro atoms. The predicted molar refractivity (Wildman–Crippen MR) is 75.6 cm³/mol. The summed E-state index contributed by atoms with van der Waals surface area (Å²) in [4.78, 5) is 15.6. The molecule has 1 fully saturated rings. The van der Waals surface area contributed by atoms with Crippen molar-refractivity contribution in [1.82, 2.24) is 10.3 Å². The fraction of sp³-hybridized carbons (Fsp3) is 0.600. The minimum absolute atomic E-state index is 0.0139. The lowest BCUT2D eigenvalue weighted by Crippen LogP contribution is -2.60. The summed E-state index contributed by atoms with van der Waals surface area (Å²) in [5.74, 6) is -4.81. The van der Waals surface area contributed by atoms with E-state index >= 15 is 0 Å². The molecule has 0 aliphatic heterocycles. The van der Waals surface area contributed by atoms with Crippen LogP contribution in [0.3, 0.4) is 0 Å². The van der Waals surface area contributed by atoms with Gasteiger partial charge < -0.3 is 15.2 Å². The molecule has 122 valence electrons. The largest absolute Gasteiger partial charge is 0.475 e. The number of nitrogens with one attached hydrogen (secondary N) is 1. The van der Waals surface area contributed by atoms with Crippen LogP contribution in [-0.4, -0.2) is 33.6 Å². The number of aromatic nitrogens is 1. The molecule has 2 N–H and O–H groups in total. The second-order valence-corrected chi connectivity index (χ2v) is 5.81. The van der Waals surface area contributed by atoms with Crippen molar-refractivity contribution >= 4 is 5.91 Å². The van der Waals surface area contributed by atoms with Crippen LogP contribution in [0, 0.1) is 0 Å². The van der Waals surface area contributed by atoms with Gasteiger partial charge in [0.1, 0.15) is 5.60 Å². The molecule has 0 saturated heterocycles. The zero-order valence-corrected chi connectivity index (χ0v) is 12.6. The van der Waals surface area contributed by atoms with Crippen molar-refractivity contribution in [2.45, 2.75) is 57.3 Å². The number of carbonyl (C=O) groups is 1. The summed E-state index contributed by atoms with van der Waals surface area (Å²) >= 11 is 0. The molecule has 1 aliphatic carbocycles. The fourth-order valence-electron chi connectivity index (χ4n) is 2.16. The molecule has 0 aromatic carbocycles. The molecule has 1 saturated carbocycles. The smallest absolute Gasteiger partial charge is 0.352 e. The number of ether oxygens (including phenoxy) is 1. The van der Waals surface area contributed by atoms with E-state index in [0.717, 1.165) is 0 Å². The van der Waals surface area contributed by atoms with Gasteiger partial charge in [0.15, 0.2) is 0 Å². The Labute approximate surface area is 127 Å². The van der Waals surface area contributed by atoms with Crippen LogP contribution in [0.5, 0.6) is 5.88 Å². The maximum Gasteiger partial charge on any atom is 0.352 e. The van der Waals surface area contributed by atoms with Crippen molar-refractivity contribution in [3.05, 3.63) is 23.9 Å². The van der Waals surface area contributed by atoms with Crippen molar-refractivity contribution in [3.63, 3.8) is 0 Å². The number of pyridine rings is 1. The van der Waals surface area contributed by atoms with E-state index in [1.54, 1.807) is 12.1 Å². The van der Waals surface area contributed by atoms with Crippen LogP contribution in [0.1, 0.15) is 38.7 Å². The third kappa shape index (κ3) is 3.35. The molecule has 0 bridgehead atoms. The highest BCUT2D eigenvalue weighted by Crippen LogP contribution is 2.44. The summed E-state index contributed by atoms with van der Waals surface area (Å²) in [7, 11) is 0. The van der Waals surface area contributed by atoms with E-state index in [9.17, 15) is 18.7 Å². The number of carbonyl (C=O) groups excluding carboxylic acids is 1. The third-order valence-electron chi connectivity index (χ3n) is 3.66. The molecule has 1 amide bonds. The van der Waals surface area contributed by atoms with Gasteiger partial charge in [-0.1, -0.05) is 6.07 Å². The monoisotopic (exact) mass is 314 g/mol. The van der Waals surface area contributed by atoms with Gasteiger partial charge in [0.2, 0.25) is 5.88 Å². The summed E-state index contributed by atoms with van der Waals surface area (Å²) in [5.41, 5.74) is -1.63. The summed E-state index contributed by atoms with van der Waals surface area (Å²) in [5, 5.41) is 11.8. The first-order valence-corrected chi connectivity index (χ1v) is 7.25. The van der Waals surface area contributed by atoms with Crippen LogP contribution in [0.15, 0.2) is 18.3 Å². The lowest BCUT2D eigenvalue weighted by atomic mass is 9.75. The highest BCUT2D eigenvalue weighted by Gasteiger charge is 2.61. The summed E-state index contributed by atoms with van der Waals surface area (Å²) < 4.78 is 33.1. The van der Waals surface area contributed by atoms with Crippen molar-refractivity contribution in [2.75, 3.05) is 0 Å². The van der Waals surface area contributed by atoms with Gasteiger partial charge in [0.05, 0.1) is 6.10 Å². The third-order valence-corrected chi connectivity index (χ3v) is 3.66. The fourth-order valence-corrected chi connectivity index (χ4v) is 2.16.